The van der Waals surface area contributed by atoms with Gasteiger partial charge in [0.15, 0.2) is 0 Å². The van der Waals surface area contributed by atoms with Gasteiger partial charge >= 0.3 is 0 Å². The molecule has 0 saturated carbocycles. The van der Waals surface area contributed by atoms with E-state index in [0.29, 0.717) is 0 Å². The number of tetrazole rings is 1. The standard InChI is InChI=1S/C13H15N7/c1-8-11(9(2)16-15-8)12(10-6-4-3-5-7-10)20-13(14)17-18-19-20/h3-7,12H,1-2H3,(H,15,16)(H2,14,17,19)/t12-/m1/s1. The van der Waals surface area contributed by atoms with E-state index in [4.69, 9.17) is 5.73 Å². The van der Waals surface area contributed by atoms with Crippen LogP contribution in [0.15, 0.2) is 30.3 Å². The maximum Gasteiger partial charge on any atom is 0.241 e. The molecule has 2 aromatic heterocycles. The second-order valence-electron chi connectivity index (χ2n) is 4.64. The first-order valence-electron chi connectivity index (χ1n) is 6.28. The van der Waals surface area contributed by atoms with Gasteiger partial charge in [-0.2, -0.15) is 9.78 Å². The van der Waals surface area contributed by atoms with Crippen molar-refractivity contribution in [3.63, 3.8) is 0 Å². The van der Waals surface area contributed by atoms with E-state index in [9.17, 15) is 0 Å². The topological polar surface area (TPSA) is 98.3 Å². The summed E-state index contributed by atoms with van der Waals surface area (Å²) in [6.45, 7) is 3.93. The molecule has 3 N–H and O–H groups in total. The molecule has 3 rings (SSSR count). The average Bonchev–Trinajstić information content (AvgIpc) is 3.01. The predicted octanol–water partition coefficient (Wildman–Crippen LogP) is 1.23. The van der Waals surface area contributed by atoms with Crippen LogP contribution in [-0.2, 0) is 0 Å². The number of anilines is 1. The Kier molecular flexibility index (Phi) is 2.94. The number of aryl methyl sites for hydroxylation is 2. The number of nitrogens with one attached hydrogen (secondary N) is 1. The molecule has 0 amide bonds. The van der Waals surface area contributed by atoms with Gasteiger partial charge < -0.3 is 5.73 Å². The predicted molar refractivity (Wildman–Crippen MR) is 74.0 cm³/mol. The van der Waals surface area contributed by atoms with Gasteiger partial charge in [0.1, 0.15) is 6.04 Å². The number of hydrogen-bond donors (Lipinski definition) is 2. The molecule has 0 radical (unpaired) electrons. The van der Waals surface area contributed by atoms with Crippen LogP contribution in [0.3, 0.4) is 0 Å². The number of nitrogens with zero attached hydrogens (tertiary/aromatic N) is 5. The summed E-state index contributed by atoms with van der Waals surface area (Å²) in [6.07, 6.45) is 0. The summed E-state index contributed by atoms with van der Waals surface area (Å²) in [5.74, 6) is 0.277. The SMILES string of the molecule is Cc1n[nH]c(C)c1[C@@H](c1ccccc1)n1nnnc1N. The van der Waals surface area contributed by atoms with Crippen molar-refractivity contribution in [3.8, 4) is 0 Å². The molecule has 7 heteroatoms. The van der Waals surface area contributed by atoms with E-state index in [1.54, 1.807) is 4.68 Å². The van der Waals surface area contributed by atoms with Crippen molar-refractivity contribution in [2.24, 2.45) is 0 Å². The highest BCUT2D eigenvalue weighted by Crippen LogP contribution is 2.30. The van der Waals surface area contributed by atoms with Crippen LogP contribution in [0.2, 0.25) is 0 Å². The van der Waals surface area contributed by atoms with Crippen molar-refractivity contribution >= 4 is 5.95 Å². The molecule has 0 aliphatic heterocycles. The van der Waals surface area contributed by atoms with Crippen LogP contribution >= 0.6 is 0 Å². The van der Waals surface area contributed by atoms with E-state index in [1.165, 1.54) is 0 Å². The van der Waals surface area contributed by atoms with Gasteiger partial charge in [-0.25, -0.2) is 0 Å². The molecule has 0 aliphatic rings. The number of hydrogen-bond acceptors (Lipinski definition) is 5. The summed E-state index contributed by atoms with van der Waals surface area (Å²) in [6, 6.07) is 9.79. The van der Waals surface area contributed by atoms with Crippen LogP contribution in [0, 0.1) is 13.8 Å². The minimum absolute atomic E-state index is 0.190. The van der Waals surface area contributed by atoms with Gasteiger partial charge in [-0.05, 0) is 29.8 Å². The molecule has 7 nitrogen and oxygen atoms in total. The second kappa shape index (κ2) is 4.76. The summed E-state index contributed by atoms with van der Waals surface area (Å²) in [5.41, 5.74) is 9.86. The lowest BCUT2D eigenvalue weighted by atomic mass is 9.97. The monoisotopic (exact) mass is 269 g/mol. The molecule has 0 unspecified atom stereocenters. The first kappa shape index (κ1) is 12.3. The molecule has 0 saturated heterocycles. The van der Waals surface area contributed by atoms with Crippen molar-refractivity contribution in [2.75, 3.05) is 5.73 Å². The summed E-state index contributed by atoms with van der Waals surface area (Å²) >= 11 is 0. The van der Waals surface area contributed by atoms with Crippen LogP contribution in [0.25, 0.3) is 0 Å². The first-order chi connectivity index (χ1) is 9.68. The normalized spacial score (nSPS) is 12.5. The highest BCUT2D eigenvalue weighted by molar-refractivity contribution is 5.38. The molecule has 20 heavy (non-hydrogen) atoms. The Balaban J connectivity index is 2.22. The Hall–Kier alpha value is -2.70. The van der Waals surface area contributed by atoms with Crippen molar-refractivity contribution in [1.29, 1.82) is 0 Å². The number of benzene rings is 1. The van der Waals surface area contributed by atoms with Gasteiger partial charge in [0.05, 0.1) is 5.69 Å². The molecular formula is C13H15N7. The molecule has 2 heterocycles. The lowest BCUT2D eigenvalue weighted by molar-refractivity contribution is 0.573. The highest BCUT2D eigenvalue weighted by atomic mass is 15.6. The number of nitrogens with two attached hydrogens (primary N) is 1. The van der Waals surface area contributed by atoms with Crippen LogP contribution in [0.1, 0.15) is 28.6 Å². The third-order valence-corrected chi connectivity index (χ3v) is 3.34. The van der Waals surface area contributed by atoms with E-state index in [2.05, 4.69) is 25.7 Å². The minimum atomic E-state index is -0.190. The Morgan fingerprint density at radius 2 is 1.95 bits per heavy atom. The van der Waals surface area contributed by atoms with E-state index >= 15 is 0 Å². The zero-order chi connectivity index (χ0) is 14.1. The Morgan fingerprint density at radius 1 is 1.20 bits per heavy atom. The maximum atomic E-state index is 5.88. The lowest BCUT2D eigenvalue weighted by Crippen LogP contribution is -2.17. The number of nitrogen functional groups attached to an aromatic ring is 1. The number of H-pyrrole nitrogens is 1. The molecule has 0 bridgehead atoms. The Labute approximate surface area is 115 Å². The summed E-state index contributed by atoms with van der Waals surface area (Å²) < 4.78 is 1.61. The third-order valence-electron chi connectivity index (χ3n) is 3.34. The zero-order valence-electron chi connectivity index (χ0n) is 11.3. The van der Waals surface area contributed by atoms with Crippen molar-refractivity contribution in [3.05, 3.63) is 52.8 Å². The fraction of sp³-hybridized carbons (Fsp3) is 0.231. The maximum absolute atomic E-state index is 5.88. The van der Waals surface area contributed by atoms with Crippen LogP contribution in [0.4, 0.5) is 5.95 Å². The first-order valence-corrected chi connectivity index (χ1v) is 6.28. The largest absolute Gasteiger partial charge is 0.367 e. The van der Waals surface area contributed by atoms with Crippen LogP contribution < -0.4 is 5.73 Å². The van der Waals surface area contributed by atoms with Gasteiger partial charge in [-0.3, -0.25) is 5.10 Å². The Bertz CT molecular complexity index is 694. The summed E-state index contributed by atoms with van der Waals surface area (Å²) in [5, 5.41) is 18.7. The van der Waals surface area contributed by atoms with Gasteiger partial charge in [-0.15, -0.1) is 0 Å². The second-order valence-corrected chi connectivity index (χ2v) is 4.64. The number of aromatic nitrogens is 6. The molecule has 0 aliphatic carbocycles. The van der Waals surface area contributed by atoms with Crippen LogP contribution in [-0.4, -0.2) is 30.4 Å². The number of aromatic amines is 1. The fourth-order valence-electron chi connectivity index (χ4n) is 2.41. The molecule has 1 aromatic carbocycles. The molecule has 1 atom stereocenters. The average molecular weight is 269 g/mol. The quantitative estimate of drug-likeness (QED) is 0.745. The smallest absolute Gasteiger partial charge is 0.241 e. The third kappa shape index (κ3) is 1.93. The van der Waals surface area contributed by atoms with Crippen molar-refractivity contribution in [1.82, 2.24) is 30.4 Å². The zero-order valence-corrected chi connectivity index (χ0v) is 11.3. The number of rotatable bonds is 3. The van der Waals surface area contributed by atoms with Gasteiger partial charge in [0, 0.05) is 11.3 Å². The van der Waals surface area contributed by atoms with E-state index in [0.717, 1.165) is 22.5 Å². The van der Waals surface area contributed by atoms with Crippen molar-refractivity contribution < 1.29 is 0 Å². The summed E-state index contributed by atoms with van der Waals surface area (Å²) in [4.78, 5) is 0. The fourth-order valence-corrected chi connectivity index (χ4v) is 2.41. The Morgan fingerprint density at radius 3 is 2.50 bits per heavy atom. The van der Waals surface area contributed by atoms with E-state index < -0.39 is 0 Å². The molecular weight excluding hydrogens is 254 g/mol. The van der Waals surface area contributed by atoms with Gasteiger partial charge in [0.25, 0.3) is 0 Å². The van der Waals surface area contributed by atoms with E-state index in [1.807, 2.05) is 44.2 Å². The van der Waals surface area contributed by atoms with Gasteiger partial charge in [-0.1, -0.05) is 35.4 Å². The molecule has 0 fully saturated rings. The minimum Gasteiger partial charge on any atom is -0.367 e. The van der Waals surface area contributed by atoms with Gasteiger partial charge in [0.2, 0.25) is 5.95 Å². The molecule has 102 valence electrons. The lowest BCUT2D eigenvalue weighted by Gasteiger charge is -2.18. The van der Waals surface area contributed by atoms with E-state index in [-0.39, 0.29) is 12.0 Å². The molecule has 0 spiro atoms. The molecule has 3 aromatic rings. The van der Waals surface area contributed by atoms with Crippen LogP contribution in [0.5, 0.6) is 0 Å². The highest BCUT2D eigenvalue weighted by Gasteiger charge is 2.25. The van der Waals surface area contributed by atoms with Crippen molar-refractivity contribution in [2.45, 2.75) is 19.9 Å². The summed E-state index contributed by atoms with van der Waals surface area (Å²) in [7, 11) is 0.